The van der Waals surface area contributed by atoms with E-state index in [1.165, 1.54) is 7.11 Å². The Labute approximate surface area is 207 Å². The Balaban J connectivity index is 0.00000104. The fourth-order valence-corrected chi connectivity index (χ4v) is 4.49. The largest absolute Gasteiger partial charge is 0.493 e. The van der Waals surface area contributed by atoms with Crippen molar-refractivity contribution in [3.05, 3.63) is 59.1 Å². The number of benzene rings is 2. The number of hydrogen-bond donors (Lipinski definition) is 2. The Morgan fingerprint density at radius 3 is 2.00 bits per heavy atom. The summed E-state index contributed by atoms with van der Waals surface area (Å²) in [6.45, 7) is 6.17. The maximum absolute atomic E-state index is 11.7. The highest BCUT2D eigenvalue weighted by molar-refractivity contribution is 7.85. The van der Waals surface area contributed by atoms with Crippen molar-refractivity contribution in [2.24, 2.45) is 5.92 Å². The highest BCUT2D eigenvalue weighted by atomic mass is 35.5. The van der Waals surface area contributed by atoms with Gasteiger partial charge in [-0.3, -0.25) is 9.11 Å². The van der Waals surface area contributed by atoms with Gasteiger partial charge in [0.25, 0.3) is 20.2 Å². The Hall–Kier alpha value is -1.67. The molecule has 0 aliphatic heterocycles. The lowest BCUT2D eigenvalue weighted by Crippen LogP contribution is -2.35. The number of methoxy groups -OCH3 is 1. The van der Waals surface area contributed by atoms with E-state index in [4.69, 9.17) is 30.1 Å². The second kappa shape index (κ2) is 12.9. The Morgan fingerprint density at radius 2 is 1.53 bits per heavy atom. The molecular weight excluding hydrogens is 524 g/mol. The topological polar surface area (TPSA) is 136 Å². The smallest absolute Gasteiger partial charge is 0.265 e. The molecule has 2 rings (SSSR count). The molecule has 0 bridgehead atoms. The molecule has 0 saturated carbocycles. The molecule has 0 aliphatic rings. The molecule has 0 fully saturated rings. The zero-order valence-electron chi connectivity index (χ0n) is 19.6. The first kappa shape index (κ1) is 30.4. The number of ether oxygens (including phenoxy) is 2. The van der Waals surface area contributed by atoms with Gasteiger partial charge in [0.15, 0.2) is 19.8 Å². The van der Waals surface area contributed by atoms with Crippen LogP contribution < -0.4 is 9.47 Å². The van der Waals surface area contributed by atoms with Crippen LogP contribution in [-0.2, 0) is 24.7 Å². The maximum atomic E-state index is 11.7. The second-order valence-electron chi connectivity index (χ2n) is 8.41. The van der Waals surface area contributed by atoms with Crippen molar-refractivity contribution in [3.63, 3.8) is 0 Å². The Kier molecular flexibility index (Phi) is 11.5. The van der Waals surface area contributed by atoms with E-state index < -0.39 is 46.3 Å². The van der Waals surface area contributed by atoms with E-state index >= 15 is 0 Å². The zero-order valence-corrected chi connectivity index (χ0v) is 23.0. The third-order valence-corrected chi connectivity index (χ3v) is 6.21. The number of rotatable bonds is 10. The second-order valence-corrected chi connectivity index (χ2v) is 16.3. The summed E-state index contributed by atoms with van der Waals surface area (Å²) in [6.07, 6.45) is 0.0250. The van der Waals surface area contributed by atoms with Gasteiger partial charge in [0.1, 0.15) is 6.10 Å². The molecule has 0 spiro atoms. The summed E-state index contributed by atoms with van der Waals surface area (Å²) in [5.41, 5.74) is 0.761. The van der Waals surface area contributed by atoms with Crippen LogP contribution in [-0.4, -0.2) is 60.0 Å². The number of halogens is 1. The highest BCUT2D eigenvalue weighted by Crippen LogP contribution is 2.37. The summed E-state index contributed by atoms with van der Waals surface area (Å²) in [4.78, 5) is 0. The van der Waals surface area contributed by atoms with Crippen LogP contribution in [0, 0.1) is 5.92 Å². The minimum Gasteiger partial charge on any atom is -0.493 e. The average Bonchev–Trinajstić information content (AvgIpc) is 2.68. The van der Waals surface area contributed by atoms with Gasteiger partial charge in [0.2, 0.25) is 0 Å². The minimum atomic E-state index is -4.26. The van der Waals surface area contributed by atoms with Crippen LogP contribution in [0.4, 0.5) is 0 Å². The van der Waals surface area contributed by atoms with E-state index in [9.17, 15) is 21.4 Å². The zero-order chi connectivity index (χ0) is 26.2. The fourth-order valence-electron chi connectivity index (χ4n) is 2.81. The Morgan fingerprint density at radius 1 is 0.971 bits per heavy atom. The molecule has 0 heterocycles. The molecule has 0 amide bonds. The average molecular weight is 555 g/mol. The molecule has 0 radical (unpaired) electrons. The monoisotopic (exact) mass is 554 g/mol. The third-order valence-electron chi connectivity index (χ3n) is 4.09. The Bertz CT molecular complexity index is 1110. The van der Waals surface area contributed by atoms with Crippen LogP contribution in [0.1, 0.15) is 11.7 Å². The van der Waals surface area contributed by atoms with Gasteiger partial charge in [-0.05, 0) is 37.3 Å². The molecule has 34 heavy (non-hydrogen) atoms. The fraction of sp³-hybridized carbons (Fsp3) is 0.429. The lowest BCUT2D eigenvalue weighted by Gasteiger charge is -2.30. The van der Waals surface area contributed by atoms with Crippen molar-refractivity contribution in [2.45, 2.75) is 25.7 Å². The predicted octanol–water partition coefficient (Wildman–Crippen LogP) is 4.33. The lowest BCUT2D eigenvalue weighted by molar-refractivity contribution is 0.100. The molecule has 2 atom stereocenters. The van der Waals surface area contributed by atoms with Gasteiger partial charge in [0, 0.05) is 23.6 Å². The van der Waals surface area contributed by atoms with Crippen LogP contribution >= 0.6 is 11.6 Å². The van der Waals surface area contributed by atoms with E-state index in [0.717, 1.165) is 5.56 Å². The van der Waals surface area contributed by atoms with Gasteiger partial charge >= 0.3 is 0 Å². The first-order valence-electron chi connectivity index (χ1n) is 10.0. The molecular formula is C21H31ClO9S2Si. The molecule has 13 heteroatoms. The van der Waals surface area contributed by atoms with Crippen molar-refractivity contribution in [2.75, 3.05) is 25.7 Å². The molecule has 2 aromatic carbocycles. The first-order valence-corrected chi connectivity index (χ1v) is 17.3. The van der Waals surface area contributed by atoms with E-state index in [1.54, 1.807) is 18.2 Å². The molecule has 2 aromatic rings. The first-order chi connectivity index (χ1) is 15.5. The third kappa shape index (κ3) is 13.3. The predicted molar refractivity (Wildman–Crippen MR) is 134 cm³/mol. The van der Waals surface area contributed by atoms with E-state index in [0.29, 0.717) is 22.8 Å². The van der Waals surface area contributed by atoms with E-state index in [-0.39, 0.29) is 6.61 Å². The van der Waals surface area contributed by atoms with Crippen LogP contribution in [0.25, 0.3) is 0 Å². The summed E-state index contributed by atoms with van der Waals surface area (Å²) in [5, 5.41) is 0.488. The van der Waals surface area contributed by atoms with Crippen LogP contribution in [0.5, 0.6) is 11.5 Å². The molecule has 0 aromatic heterocycles. The molecule has 0 saturated heterocycles. The summed E-state index contributed by atoms with van der Waals surface area (Å²) >= 11 is 6.04. The van der Waals surface area contributed by atoms with Gasteiger partial charge in [0.05, 0.1) is 19.1 Å². The summed E-state index contributed by atoms with van der Waals surface area (Å²) in [7, 11) is -8.36. The molecule has 0 aliphatic carbocycles. The van der Waals surface area contributed by atoms with Gasteiger partial charge in [-0.2, -0.15) is 16.8 Å². The summed E-state index contributed by atoms with van der Waals surface area (Å²) < 4.78 is 76.5. The summed E-state index contributed by atoms with van der Waals surface area (Å²) in [6, 6.07) is 14.2. The van der Waals surface area contributed by atoms with Crippen LogP contribution in [0.15, 0.2) is 48.5 Å². The van der Waals surface area contributed by atoms with Crippen LogP contribution in [0.2, 0.25) is 24.7 Å². The molecule has 2 N–H and O–H groups in total. The molecule has 192 valence electrons. The minimum absolute atomic E-state index is 0.130. The summed E-state index contributed by atoms with van der Waals surface area (Å²) in [5.74, 6) is -0.291. The van der Waals surface area contributed by atoms with Gasteiger partial charge in [-0.15, -0.1) is 0 Å². The van der Waals surface area contributed by atoms with Gasteiger partial charge in [-0.1, -0.05) is 41.9 Å². The van der Waals surface area contributed by atoms with Crippen molar-refractivity contribution < 1.29 is 39.8 Å². The van der Waals surface area contributed by atoms with E-state index in [1.807, 2.05) is 50.0 Å². The van der Waals surface area contributed by atoms with Gasteiger partial charge < -0.3 is 13.9 Å². The quantitative estimate of drug-likeness (QED) is 0.324. The molecule has 0 unspecified atom stereocenters. The van der Waals surface area contributed by atoms with E-state index in [2.05, 4.69) is 0 Å². The van der Waals surface area contributed by atoms with Crippen molar-refractivity contribution in [1.82, 2.24) is 0 Å². The number of hydrogen-bond acceptors (Lipinski definition) is 7. The van der Waals surface area contributed by atoms with Crippen molar-refractivity contribution in [3.8, 4) is 11.5 Å². The van der Waals surface area contributed by atoms with Crippen molar-refractivity contribution >= 4 is 40.2 Å². The SMILES string of the molecule is COc1cc(Cl)ccc1O[C@H](c1ccccc1)[C@@H](CO[Si](C)(C)C)CS(=O)(=O)O.CS(=O)(=O)O. The standard InChI is InChI=1S/C20H27ClO6SSi.CH4O3S/c1-25-19-12-17(21)10-11-18(19)27-20(15-8-6-5-7-9-15)16(14-28(22,23)24)13-26-29(2,3)4;1-5(2,3)4/h5-12,16,20H,13-14H2,1-4H3,(H,22,23,24);1H3,(H,2,3,4)/t16-,20+;/m0./s1. The van der Waals surface area contributed by atoms with Gasteiger partial charge in [-0.25, -0.2) is 0 Å². The normalized spacial score (nSPS) is 13.9. The maximum Gasteiger partial charge on any atom is 0.265 e. The van der Waals surface area contributed by atoms with Crippen molar-refractivity contribution in [1.29, 1.82) is 0 Å². The lowest BCUT2D eigenvalue weighted by atomic mass is 9.97. The molecule has 9 nitrogen and oxygen atoms in total. The highest BCUT2D eigenvalue weighted by Gasteiger charge is 2.32. The van der Waals surface area contributed by atoms with Crippen LogP contribution in [0.3, 0.4) is 0 Å².